The van der Waals surface area contributed by atoms with Gasteiger partial charge in [0, 0.05) is 0 Å². The van der Waals surface area contributed by atoms with Gasteiger partial charge in [-0.3, -0.25) is 0 Å². The van der Waals surface area contributed by atoms with Crippen molar-refractivity contribution in [2.45, 2.75) is 13.3 Å². The molecule has 1 heterocycles. The lowest BCUT2D eigenvalue weighted by Gasteiger charge is -2.09. The van der Waals surface area contributed by atoms with Crippen molar-refractivity contribution in [1.29, 1.82) is 0 Å². The Hall–Kier alpha value is -2.09. The Labute approximate surface area is 122 Å². The molecule has 0 amide bonds. The molecule has 0 spiro atoms. The Morgan fingerprint density at radius 2 is 1.86 bits per heavy atom. The van der Waals surface area contributed by atoms with Crippen LogP contribution < -0.4 is 4.74 Å². The number of esters is 1. The molecule has 1 aromatic carbocycles. The third kappa shape index (κ3) is 3.72. The van der Waals surface area contributed by atoms with Gasteiger partial charge in [0.05, 0.1) is 17.0 Å². The number of benzene rings is 1. The van der Waals surface area contributed by atoms with Crippen LogP contribution in [-0.4, -0.2) is 24.4 Å². The van der Waals surface area contributed by atoms with Crippen molar-refractivity contribution < 1.29 is 27.4 Å². The second-order valence-corrected chi connectivity index (χ2v) is 5.18. The van der Waals surface area contributed by atoms with E-state index in [2.05, 4.69) is 14.5 Å². The lowest BCUT2D eigenvalue weighted by molar-refractivity contribution is -0.274. The molecule has 2 aromatic rings. The molecule has 0 saturated heterocycles. The van der Waals surface area contributed by atoms with Crippen molar-refractivity contribution in [1.82, 2.24) is 4.98 Å². The number of carbonyl (C=O) groups excluding carboxylic acids is 1. The maximum atomic E-state index is 12.1. The number of hydrogen-bond acceptors (Lipinski definition) is 5. The number of alkyl halides is 3. The average Bonchev–Trinajstić information content (AvgIpc) is 2.79. The number of ether oxygens (including phenoxy) is 2. The van der Waals surface area contributed by atoms with Gasteiger partial charge < -0.3 is 9.47 Å². The van der Waals surface area contributed by atoms with Gasteiger partial charge in [-0.2, -0.15) is 0 Å². The van der Waals surface area contributed by atoms with Crippen molar-refractivity contribution >= 4 is 17.3 Å². The van der Waals surface area contributed by atoms with Crippen molar-refractivity contribution in [3.8, 4) is 16.2 Å². The van der Waals surface area contributed by atoms with Crippen LogP contribution in [0.2, 0.25) is 0 Å². The molecule has 112 valence electrons. The smallest absolute Gasteiger partial charge is 0.464 e. The number of aromatic nitrogens is 1. The summed E-state index contributed by atoms with van der Waals surface area (Å²) in [5.74, 6) is -0.919. The summed E-state index contributed by atoms with van der Waals surface area (Å²) >= 11 is 1.26. The van der Waals surface area contributed by atoms with Gasteiger partial charge in [-0.15, -0.1) is 24.5 Å². The average molecular weight is 317 g/mol. The summed E-state index contributed by atoms with van der Waals surface area (Å²) in [6, 6.07) is 5.22. The molecule has 0 fully saturated rings. The number of rotatable bonds is 3. The summed E-state index contributed by atoms with van der Waals surface area (Å²) in [4.78, 5) is 16.2. The summed E-state index contributed by atoms with van der Waals surface area (Å²) < 4.78 is 44.7. The highest BCUT2D eigenvalue weighted by Gasteiger charge is 2.31. The van der Waals surface area contributed by atoms with Gasteiger partial charge in [-0.25, -0.2) is 9.78 Å². The second-order valence-electron chi connectivity index (χ2n) is 3.97. The summed E-state index contributed by atoms with van der Waals surface area (Å²) in [5, 5.41) is 0.654. The normalized spacial score (nSPS) is 11.3. The van der Waals surface area contributed by atoms with E-state index < -0.39 is 12.3 Å². The predicted molar refractivity (Wildman–Crippen MR) is 70.3 cm³/mol. The largest absolute Gasteiger partial charge is 0.573 e. The van der Waals surface area contributed by atoms with Crippen LogP contribution >= 0.6 is 11.3 Å². The van der Waals surface area contributed by atoms with E-state index in [1.807, 2.05) is 0 Å². The summed E-state index contributed by atoms with van der Waals surface area (Å²) in [6.07, 6.45) is -4.74. The minimum absolute atomic E-state index is 0.143. The number of carbonyl (C=O) groups is 1. The monoisotopic (exact) mass is 317 g/mol. The first-order valence-corrected chi connectivity index (χ1v) is 6.54. The van der Waals surface area contributed by atoms with Crippen molar-refractivity contribution in [2.24, 2.45) is 0 Å². The third-order valence-electron chi connectivity index (χ3n) is 2.46. The highest BCUT2D eigenvalue weighted by atomic mass is 32.1. The quantitative estimate of drug-likeness (QED) is 0.808. The van der Waals surface area contributed by atoms with Crippen LogP contribution in [0, 0.1) is 6.92 Å². The van der Waals surface area contributed by atoms with E-state index in [1.54, 1.807) is 6.92 Å². The molecule has 1 aromatic heterocycles. The minimum Gasteiger partial charge on any atom is -0.464 e. The molecule has 4 nitrogen and oxygen atoms in total. The Balaban J connectivity index is 2.33. The van der Waals surface area contributed by atoms with Gasteiger partial charge in [0.1, 0.15) is 5.75 Å². The zero-order chi connectivity index (χ0) is 15.6. The van der Waals surface area contributed by atoms with Crippen LogP contribution in [0.1, 0.15) is 15.5 Å². The summed E-state index contributed by atoms with van der Waals surface area (Å²) in [6.45, 7) is 1.72. The molecule has 2 rings (SSSR count). The maximum Gasteiger partial charge on any atom is 0.573 e. The van der Waals surface area contributed by atoms with Gasteiger partial charge in [0.2, 0.25) is 0 Å². The van der Waals surface area contributed by atoms with Gasteiger partial charge in [0.25, 0.3) is 0 Å². The molecule has 0 aliphatic heterocycles. The van der Waals surface area contributed by atoms with Gasteiger partial charge >= 0.3 is 12.3 Å². The summed E-state index contributed by atoms with van der Waals surface area (Å²) in [7, 11) is 1.24. The van der Waals surface area contributed by atoms with Crippen LogP contribution in [0.25, 0.3) is 10.4 Å². The van der Waals surface area contributed by atoms with Gasteiger partial charge in [-0.05, 0) is 36.8 Å². The molecule has 0 aliphatic carbocycles. The molecular weight excluding hydrogens is 307 g/mol. The lowest BCUT2D eigenvalue weighted by atomic mass is 10.1. The fourth-order valence-corrected chi connectivity index (χ4v) is 2.58. The third-order valence-corrected chi connectivity index (χ3v) is 3.48. The molecule has 0 unspecified atom stereocenters. The maximum absolute atomic E-state index is 12.1. The topological polar surface area (TPSA) is 48.4 Å². The number of thiazole rings is 1. The van der Waals surface area contributed by atoms with Crippen LogP contribution in [0.15, 0.2) is 24.3 Å². The first-order valence-electron chi connectivity index (χ1n) is 5.72. The first-order chi connectivity index (χ1) is 9.80. The van der Waals surface area contributed by atoms with Crippen LogP contribution in [0.3, 0.4) is 0 Å². The van der Waals surface area contributed by atoms with Crippen LogP contribution in [0.4, 0.5) is 13.2 Å². The SMILES string of the molecule is COC(=O)c1nc(C)sc1-c1ccc(OC(F)(F)F)cc1. The van der Waals surface area contributed by atoms with Crippen LogP contribution in [0.5, 0.6) is 5.75 Å². The van der Waals surface area contributed by atoms with Crippen molar-refractivity contribution in [3.63, 3.8) is 0 Å². The number of hydrogen-bond donors (Lipinski definition) is 0. The summed E-state index contributed by atoms with van der Waals surface area (Å²) in [5.41, 5.74) is 0.708. The first kappa shape index (κ1) is 15.3. The molecule has 0 N–H and O–H groups in total. The second kappa shape index (κ2) is 5.72. The Morgan fingerprint density at radius 3 is 2.38 bits per heavy atom. The zero-order valence-electron chi connectivity index (χ0n) is 11.0. The number of methoxy groups -OCH3 is 1. The molecule has 0 bridgehead atoms. The molecule has 0 atom stereocenters. The lowest BCUT2D eigenvalue weighted by Crippen LogP contribution is -2.16. The van der Waals surface area contributed by atoms with E-state index in [0.29, 0.717) is 15.4 Å². The van der Waals surface area contributed by atoms with E-state index in [1.165, 1.54) is 42.7 Å². The molecule has 21 heavy (non-hydrogen) atoms. The molecule has 8 heteroatoms. The Kier molecular flexibility index (Phi) is 4.17. The van der Waals surface area contributed by atoms with Crippen LogP contribution in [-0.2, 0) is 4.74 Å². The molecule has 0 saturated carbocycles. The highest BCUT2D eigenvalue weighted by molar-refractivity contribution is 7.15. The van der Waals surface area contributed by atoms with Gasteiger partial charge in [-0.1, -0.05) is 0 Å². The van der Waals surface area contributed by atoms with Gasteiger partial charge in [0.15, 0.2) is 5.69 Å². The van der Waals surface area contributed by atoms with Crippen molar-refractivity contribution in [2.75, 3.05) is 7.11 Å². The minimum atomic E-state index is -4.74. The van der Waals surface area contributed by atoms with E-state index in [9.17, 15) is 18.0 Å². The standard InChI is InChI=1S/C13H10F3NO3S/c1-7-17-10(12(18)19-2)11(21-7)8-3-5-9(6-4-8)20-13(14,15)16/h3-6H,1-2H3. The Bertz CT molecular complexity index is 650. The van der Waals surface area contributed by atoms with E-state index >= 15 is 0 Å². The van der Waals surface area contributed by atoms with E-state index in [4.69, 9.17) is 0 Å². The number of nitrogens with zero attached hydrogens (tertiary/aromatic N) is 1. The fourth-order valence-electron chi connectivity index (χ4n) is 1.67. The van der Waals surface area contributed by atoms with Crippen molar-refractivity contribution in [3.05, 3.63) is 35.0 Å². The Morgan fingerprint density at radius 1 is 1.24 bits per heavy atom. The number of halogens is 3. The highest BCUT2D eigenvalue weighted by Crippen LogP contribution is 2.32. The molecule has 0 radical (unpaired) electrons. The molecule has 0 aliphatic rings. The zero-order valence-corrected chi connectivity index (χ0v) is 11.8. The van der Waals surface area contributed by atoms with E-state index in [-0.39, 0.29) is 11.4 Å². The molecular formula is C13H10F3NO3S. The van der Waals surface area contributed by atoms with E-state index in [0.717, 1.165) is 0 Å². The predicted octanol–water partition coefficient (Wildman–Crippen LogP) is 3.80. The fraction of sp³-hybridized carbons (Fsp3) is 0.231. The number of aryl methyl sites for hydroxylation is 1.